The number of nitrogens with two attached hydrogens (primary N) is 1. The molecule has 0 bridgehead atoms. The van der Waals surface area contributed by atoms with E-state index >= 15 is 0 Å². The van der Waals surface area contributed by atoms with Gasteiger partial charge in [0.1, 0.15) is 11.4 Å². The first-order valence-corrected chi connectivity index (χ1v) is 8.58. The first-order chi connectivity index (χ1) is 11.2. The van der Waals surface area contributed by atoms with Gasteiger partial charge in [0.05, 0.1) is 13.7 Å². The van der Waals surface area contributed by atoms with Gasteiger partial charge in [-0.05, 0) is 57.2 Å². The Morgan fingerprint density at radius 3 is 2.50 bits per heavy atom. The lowest BCUT2D eigenvalue weighted by molar-refractivity contribution is -0.156. The summed E-state index contributed by atoms with van der Waals surface area (Å²) in [5.41, 5.74) is 7.03. The molecule has 1 aromatic carbocycles. The average Bonchev–Trinajstić information content (AvgIpc) is 2.45. The molecule has 24 heavy (non-hydrogen) atoms. The van der Waals surface area contributed by atoms with Crippen molar-refractivity contribution in [3.8, 4) is 5.75 Å². The molecular weight excluding hydrogens is 304 g/mol. The maximum Gasteiger partial charge on any atom is 0.320 e. The van der Waals surface area contributed by atoms with Gasteiger partial charge in [0, 0.05) is 19.1 Å². The molecule has 0 spiro atoms. The standard InChI is InChI=1S/C19H30N2O3/c1-19(2,3)24-18(22)13-21-11-15(10-16(20)12-21)9-14-5-7-17(23-4)8-6-14/h5-8,15-16H,9-13,20H2,1-4H3. The molecule has 1 aliphatic rings. The Morgan fingerprint density at radius 1 is 1.25 bits per heavy atom. The Morgan fingerprint density at radius 2 is 1.92 bits per heavy atom. The van der Waals surface area contributed by atoms with Gasteiger partial charge in [-0.2, -0.15) is 0 Å². The normalized spacial score (nSPS) is 22.2. The Kier molecular flexibility index (Phi) is 6.24. The number of methoxy groups -OCH3 is 1. The number of carbonyl (C=O) groups is 1. The van der Waals surface area contributed by atoms with E-state index < -0.39 is 5.60 Å². The summed E-state index contributed by atoms with van der Waals surface area (Å²) < 4.78 is 10.6. The van der Waals surface area contributed by atoms with Crippen LogP contribution in [0.15, 0.2) is 24.3 Å². The molecule has 2 N–H and O–H groups in total. The molecule has 1 saturated heterocycles. The minimum absolute atomic E-state index is 0.101. The van der Waals surface area contributed by atoms with Crippen molar-refractivity contribution in [3.05, 3.63) is 29.8 Å². The number of rotatable bonds is 5. The highest BCUT2D eigenvalue weighted by molar-refractivity contribution is 5.72. The number of hydrogen-bond acceptors (Lipinski definition) is 5. The third kappa shape index (κ3) is 6.13. The molecule has 1 aliphatic heterocycles. The monoisotopic (exact) mass is 334 g/mol. The lowest BCUT2D eigenvalue weighted by Crippen LogP contribution is -2.49. The van der Waals surface area contributed by atoms with Gasteiger partial charge in [-0.1, -0.05) is 12.1 Å². The summed E-state index contributed by atoms with van der Waals surface area (Å²) in [6, 6.07) is 8.26. The van der Waals surface area contributed by atoms with Crippen molar-refractivity contribution in [3.63, 3.8) is 0 Å². The first kappa shape index (κ1) is 18.7. The second-order valence-electron chi connectivity index (χ2n) is 7.69. The highest BCUT2D eigenvalue weighted by Gasteiger charge is 2.28. The molecule has 5 heteroatoms. The number of esters is 1. The van der Waals surface area contributed by atoms with Gasteiger partial charge in [-0.25, -0.2) is 0 Å². The Bertz CT molecular complexity index is 537. The topological polar surface area (TPSA) is 64.8 Å². The number of nitrogens with zero attached hydrogens (tertiary/aromatic N) is 1. The molecule has 0 aromatic heterocycles. The van der Waals surface area contributed by atoms with E-state index in [1.165, 1.54) is 5.56 Å². The molecule has 1 aromatic rings. The molecule has 0 amide bonds. The summed E-state index contributed by atoms with van der Waals surface area (Å²) in [6.07, 6.45) is 1.94. The summed E-state index contributed by atoms with van der Waals surface area (Å²) in [6.45, 7) is 7.60. The third-order valence-corrected chi connectivity index (χ3v) is 4.10. The molecular formula is C19H30N2O3. The maximum atomic E-state index is 12.1. The van der Waals surface area contributed by atoms with Crippen LogP contribution in [0, 0.1) is 5.92 Å². The van der Waals surface area contributed by atoms with Gasteiger partial charge in [-0.3, -0.25) is 9.69 Å². The van der Waals surface area contributed by atoms with Crippen molar-refractivity contribution in [1.82, 2.24) is 4.90 Å². The molecule has 1 heterocycles. The highest BCUT2D eigenvalue weighted by atomic mass is 16.6. The van der Waals surface area contributed by atoms with E-state index in [2.05, 4.69) is 17.0 Å². The van der Waals surface area contributed by atoms with E-state index in [0.29, 0.717) is 12.5 Å². The largest absolute Gasteiger partial charge is 0.497 e. The lowest BCUT2D eigenvalue weighted by atomic mass is 9.89. The Balaban J connectivity index is 1.90. The molecule has 0 saturated carbocycles. The van der Waals surface area contributed by atoms with Crippen LogP contribution < -0.4 is 10.5 Å². The summed E-state index contributed by atoms with van der Waals surface area (Å²) in [5, 5.41) is 0. The van der Waals surface area contributed by atoms with Gasteiger partial charge in [0.15, 0.2) is 0 Å². The van der Waals surface area contributed by atoms with Crippen molar-refractivity contribution >= 4 is 5.97 Å². The third-order valence-electron chi connectivity index (χ3n) is 4.10. The zero-order chi connectivity index (χ0) is 17.7. The number of carbonyl (C=O) groups excluding carboxylic acids is 1. The molecule has 134 valence electrons. The van der Waals surface area contributed by atoms with E-state index in [9.17, 15) is 4.79 Å². The molecule has 2 rings (SSSR count). The maximum absolute atomic E-state index is 12.1. The molecule has 0 radical (unpaired) electrons. The van der Waals surface area contributed by atoms with E-state index in [1.807, 2.05) is 32.9 Å². The van der Waals surface area contributed by atoms with Crippen molar-refractivity contribution in [1.29, 1.82) is 0 Å². The van der Waals surface area contributed by atoms with Crippen LogP contribution in [0.3, 0.4) is 0 Å². The predicted molar refractivity (Wildman–Crippen MR) is 95.1 cm³/mol. The van der Waals surface area contributed by atoms with Gasteiger partial charge >= 0.3 is 5.97 Å². The second kappa shape index (κ2) is 7.99. The second-order valence-corrected chi connectivity index (χ2v) is 7.69. The average molecular weight is 334 g/mol. The Labute approximate surface area is 145 Å². The molecule has 2 unspecified atom stereocenters. The number of ether oxygens (including phenoxy) is 2. The fourth-order valence-corrected chi connectivity index (χ4v) is 3.28. The highest BCUT2D eigenvalue weighted by Crippen LogP contribution is 2.22. The quantitative estimate of drug-likeness (QED) is 0.837. The van der Waals surface area contributed by atoms with Crippen LogP contribution in [0.2, 0.25) is 0 Å². The predicted octanol–water partition coefficient (Wildman–Crippen LogP) is 2.23. The van der Waals surface area contributed by atoms with Crippen LogP contribution in [0.5, 0.6) is 5.75 Å². The van der Waals surface area contributed by atoms with Crippen LogP contribution in [-0.2, 0) is 16.0 Å². The minimum Gasteiger partial charge on any atom is -0.497 e. The Hall–Kier alpha value is -1.59. The summed E-state index contributed by atoms with van der Waals surface area (Å²) in [5.74, 6) is 1.13. The van der Waals surface area contributed by atoms with E-state index in [1.54, 1.807) is 7.11 Å². The number of benzene rings is 1. The van der Waals surface area contributed by atoms with Crippen LogP contribution in [0.4, 0.5) is 0 Å². The molecule has 0 aliphatic carbocycles. The van der Waals surface area contributed by atoms with Crippen LogP contribution in [0.25, 0.3) is 0 Å². The van der Waals surface area contributed by atoms with Gasteiger partial charge in [0.2, 0.25) is 0 Å². The summed E-state index contributed by atoms with van der Waals surface area (Å²) in [7, 11) is 1.67. The van der Waals surface area contributed by atoms with Gasteiger partial charge in [-0.15, -0.1) is 0 Å². The molecule has 5 nitrogen and oxygen atoms in total. The van der Waals surface area contributed by atoms with Gasteiger partial charge < -0.3 is 15.2 Å². The zero-order valence-corrected chi connectivity index (χ0v) is 15.2. The van der Waals surface area contributed by atoms with Crippen LogP contribution >= 0.6 is 0 Å². The number of piperidine rings is 1. The fourth-order valence-electron chi connectivity index (χ4n) is 3.28. The van der Waals surface area contributed by atoms with Crippen LogP contribution in [-0.4, -0.2) is 49.3 Å². The van der Waals surface area contributed by atoms with E-state index in [4.69, 9.17) is 15.2 Å². The number of hydrogen-bond donors (Lipinski definition) is 1. The molecule has 2 atom stereocenters. The lowest BCUT2D eigenvalue weighted by Gasteiger charge is -2.36. The van der Waals surface area contributed by atoms with Gasteiger partial charge in [0.25, 0.3) is 0 Å². The minimum atomic E-state index is -0.447. The van der Waals surface area contributed by atoms with E-state index in [0.717, 1.165) is 31.7 Å². The summed E-state index contributed by atoms with van der Waals surface area (Å²) in [4.78, 5) is 14.2. The van der Waals surface area contributed by atoms with Crippen molar-refractivity contribution in [2.75, 3.05) is 26.7 Å². The van der Waals surface area contributed by atoms with Crippen molar-refractivity contribution in [2.45, 2.75) is 45.3 Å². The number of likely N-dealkylation sites (tertiary alicyclic amines) is 1. The fraction of sp³-hybridized carbons (Fsp3) is 0.632. The van der Waals surface area contributed by atoms with Crippen molar-refractivity contribution < 1.29 is 14.3 Å². The summed E-state index contributed by atoms with van der Waals surface area (Å²) >= 11 is 0. The zero-order valence-electron chi connectivity index (χ0n) is 15.2. The first-order valence-electron chi connectivity index (χ1n) is 8.58. The smallest absolute Gasteiger partial charge is 0.320 e. The van der Waals surface area contributed by atoms with Crippen molar-refractivity contribution in [2.24, 2.45) is 11.7 Å². The molecule has 1 fully saturated rings. The van der Waals surface area contributed by atoms with E-state index in [-0.39, 0.29) is 12.0 Å². The SMILES string of the molecule is COc1ccc(CC2CC(N)CN(CC(=O)OC(C)(C)C)C2)cc1. The van der Waals surface area contributed by atoms with Crippen LogP contribution in [0.1, 0.15) is 32.8 Å².